The van der Waals surface area contributed by atoms with Crippen molar-refractivity contribution in [1.29, 1.82) is 0 Å². The number of methoxy groups -OCH3 is 1. The van der Waals surface area contributed by atoms with Gasteiger partial charge in [-0.1, -0.05) is 18.2 Å². The lowest BCUT2D eigenvalue weighted by atomic mass is 9.96. The summed E-state index contributed by atoms with van der Waals surface area (Å²) < 4.78 is 10.3. The molecule has 2 aliphatic heterocycles. The van der Waals surface area contributed by atoms with Crippen LogP contribution in [0.1, 0.15) is 5.56 Å². The second kappa shape index (κ2) is 7.61. The second-order valence-electron chi connectivity index (χ2n) is 7.33. The van der Waals surface area contributed by atoms with Crippen LogP contribution < -0.4 is 9.80 Å². The molecule has 27 heavy (non-hydrogen) atoms. The van der Waals surface area contributed by atoms with E-state index in [0.29, 0.717) is 0 Å². The number of hydrogen-bond acceptors (Lipinski definition) is 5. The minimum Gasteiger partial charge on any atom is -0.469 e. The smallest absolute Gasteiger partial charge is 0.312 e. The Kier molecular flexibility index (Phi) is 5.03. The van der Waals surface area contributed by atoms with E-state index in [1.807, 2.05) is 0 Å². The first-order valence-corrected chi connectivity index (χ1v) is 9.51. The molecule has 0 bridgehead atoms. The molecule has 5 heteroatoms. The molecule has 0 aromatic heterocycles. The molecular weight excluding hydrogens is 340 g/mol. The lowest BCUT2D eigenvalue weighted by Gasteiger charge is -2.39. The summed E-state index contributed by atoms with van der Waals surface area (Å²) in [5.74, 6) is -0.124. The number of esters is 1. The van der Waals surface area contributed by atoms with Gasteiger partial charge in [0.2, 0.25) is 0 Å². The van der Waals surface area contributed by atoms with Gasteiger partial charge >= 0.3 is 5.97 Å². The summed E-state index contributed by atoms with van der Waals surface area (Å²) in [6.07, 6.45) is 0. The minimum atomic E-state index is -0.114. The van der Waals surface area contributed by atoms with Crippen LogP contribution in [-0.2, 0) is 14.3 Å². The zero-order chi connectivity index (χ0) is 18.8. The first kappa shape index (κ1) is 17.9. The first-order chi connectivity index (χ1) is 13.1. The SMILES string of the molecule is COC(=O)C1CN(c2cc(C)cc(-c3cccc(N4CCOCC4)c3)c2)C1. The van der Waals surface area contributed by atoms with E-state index in [1.54, 1.807) is 0 Å². The van der Waals surface area contributed by atoms with Crippen LogP contribution in [0.2, 0.25) is 0 Å². The number of rotatable bonds is 4. The van der Waals surface area contributed by atoms with Gasteiger partial charge in [-0.15, -0.1) is 0 Å². The van der Waals surface area contributed by atoms with E-state index in [2.05, 4.69) is 59.2 Å². The molecule has 2 fully saturated rings. The molecular formula is C22H26N2O3. The summed E-state index contributed by atoms with van der Waals surface area (Å²) >= 11 is 0. The predicted octanol–water partition coefficient (Wildman–Crippen LogP) is 3.11. The van der Waals surface area contributed by atoms with E-state index in [0.717, 1.165) is 39.4 Å². The lowest BCUT2D eigenvalue weighted by molar-refractivity contribution is -0.146. The van der Waals surface area contributed by atoms with Gasteiger partial charge in [-0.3, -0.25) is 4.79 Å². The molecule has 0 radical (unpaired) electrons. The lowest BCUT2D eigenvalue weighted by Crippen LogP contribution is -2.50. The fraction of sp³-hybridized carbons (Fsp3) is 0.409. The Bertz CT molecular complexity index is 824. The summed E-state index contributed by atoms with van der Waals surface area (Å²) in [6, 6.07) is 15.3. The van der Waals surface area contributed by atoms with Crippen molar-refractivity contribution in [1.82, 2.24) is 0 Å². The maximum absolute atomic E-state index is 11.7. The van der Waals surface area contributed by atoms with Gasteiger partial charge in [-0.05, 0) is 47.9 Å². The first-order valence-electron chi connectivity index (χ1n) is 9.51. The Morgan fingerprint density at radius 2 is 1.74 bits per heavy atom. The highest BCUT2D eigenvalue weighted by Gasteiger charge is 2.33. The topological polar surface area (TPSA) is 42.0 Å². The van der Waals surface area contributed by atoms with Gasteiger partial charge in [-0.2, -0.15) is 0 Å². The van der Waals surface area contributed by atoms with Crippen molar-refractivity contribution in [3.05, 3.63) is 48.0 Å². The van der Waals surface area contributed by atoms with Crippen LogP contribution in [0.4, 0.5) is 11.4 Å². The minimum absolute atomic E-state index is 0.0105. The number of carbonyl (C=O) groups is 1. The van der Waals surface area contributed by atoms with Crippen LogP contribution in [0.15, 0.2) is 42.5 Å². The van der Waals surface area contributed by atoms with Crippen molar-refractivity contribution in [2.75, 3.05) is 56.3 Å². The molecule has 142 valence electrons. The molecule has 5 nitrogen and oxygen atoms in total. The highest BCUT2D eigenvalue weighted by Crippen LogP contribution is 2.32. The van der Waals surface area contributed by atoms with Crippen LogP contribution in [-0.4, -0.2) is 52.5 Å². The van der Waals surface area contributed by atoms with Gasteiger partial charge < -0.3 is 19.3 Å². The number of ether oxygens (including phenoxy) is 2. The molecule has 0 aliphatic carbocycles. The van der Waals surface area contributed by atoms with E-state index in [9.17, 15) is 4.79 Å². The van der Waals surface area contributed by atoms with E-state index in [4.69, 9.17) is 9.47 Å². The Labute approximate surface area is 160 Å². The van der Waals surface area contributed by atoms with Crippen LogP contribution >= 0.6 is 0 Å². The Balaban J connectivity index is 1.56. The third kappa shape index (κ3) is 3.78. The zero-order valence-corrected chi connectivity index (χ0v) is 16.0. The van der Waals surface area contributed by atoms with E-state index < -0.39 is 0 Å². The summed E-state index contributed by atoms with van der Waals surface area (Å²) in [5.41, 5.74) is 6.06. The maximum atomic E-state index is 11.7. The molecule has 4 rings (SSSR count). The van der Waals surface area contributed by atoms with Crippen LogP contribution in [0.25, 0.3) is 11.1 Å². The van der Waals surface area contributed by atoms with Crippen molar-refractivity contribution in [2.24, 2.45) is 5.92 Å². The van der Waals surface area contributed by atoms with Crippen molar-refractivity contribution in [3.63, 3.8) is 0 Å². The number of nitrogens with zero attached hydrogens (tertiary/aromatic N) is 2. The van der Waals surface area contributed by atoms with Gasteiger partial charge in [0.05, 0.1) is 26.2 Å². The van der Waals surface area contributed by atoms with Crippen molar-refractivity contribution >= 4 is 17.3 Å². The molecule has 0 spiro atoms. The summed E-state index contributed by atoms with van der Waals surface area (Å²) in [7, 11) is 1.46. The fourth-order valence-electron chi connectivity index (χ4n) is 3.82. The molecule has 0 amide bonds. The third-order valence-electron chi connectivity index (χ3n) is 5.40. The standard InChI is InChI=1S/C22H26N2O3/c1-16-10-18(13-21(11-16)24-14-19(15-24)22(25)26-2)17-4-3-5-20(12-17)23-6-8-27-9-7-23/h3-5,10-13,19H,6-9,14-15H2,1-2H3. The maximum Gasteiger partial charge on any atom is 0.312 e. The zero-order valence-electron chi connectivity index (χ0n) is 16.0. The molecule has 2 aromatic rings. The number of morpholine rings is 1. The number of carbonyl (C=O) groups excluding carboxylic acids is 1. The molecule has 0 saturated carbocycles. The van der Waals surface area contributed by atoms with Gasteiger partial charge in [-0.25, -0.2) is 0 Å². The molecule has 2 aliphatic rings. The van der Waals surface area contributed by atoms with Gasteiger partial charge in [0.25, 0.3) is 0 Å². The largest absolute Gasteiger partial charge is 0.469 e. The van der Waals surface area contributed by atoms with E-state index in [1.165, 1.54) is 35.2 Å². The number of anilines is 2. The van der Waals surface area contributed by atoms with Gasteiger partial charge in [0, 0.05) is 37.6 Å². The monoisotopic (exact) mass is 366 g/mol. The van der Waals surface area contributed by atoms with Crippen molar-refractivity contribution in [2.45, 2.75) is 6.92 Å². The quantitative estimate of drug-likeness (QED) is 0.778. The fourth-order valence-corrected chi connectivity index (χ4v) is 3.82. The number of benzene rings is 2. The predicted molar refractivity (Wildman–Crippen MR) is 107 cm³/mol. The Hall–Kier alpha value is -2.53. The third-order valence-corrected chi connectivity index (χ3v) is 5.40. The van der Waals surface area contributed by atoms with Gasteiger partial charge in [0.1, 0.15) is 0 Å². The highest BCUT2D eigenvalue weighted by molar-refractivity contribution is 5.78. The van der Waals surface area contributed by atoms with Crippen molar-refractivity contribution in [3.8, 4) is 11.1 Å². The van der Waals surface area contributed by atoms with Crippen LogP contribution in [0.3, 0.4) is 0 Å². The second-order valence-corrected chi connectivity index (χ2v) is 7.33. The molecule has 2 aromatic carbocycles. The van der Waals surface area contributed by atoms with Crippen LogP contribution in [0, 0.1) is 12.8 Å². The molecule has 0 atom stereocenters. The van der Waals surface area contributed by atoms with Crippen LogP contribution in [0.5, 0.6) is 0 Å². The number of hydrogen-bond donors (Lipinski definition) is 0. The summed E-state index contributed by atoms with van der Waals surface area (Å²) in [6.45, 7) is 7.02. The van der Waals surface area contributed by atoms with E-state index in [-0.39, 0.29) is 11.9 Å². The van der Waals surface area contributed by atoms with E-state index >= 15 is 0 Å². The van der Waals surface area contributed by atoms with Crippen molar-refractivity contribution < 1.29 is 14.3 Å². The summed E-state index contributed by atoms with van der Waals surface area (Å²) in [5, 5.41) is 0. The average Bonchev–Trinajstić information content (AvgIpc) is 2.67. The van der Waals surface area contributed by atoms with Gasteiger partial charge in [0.15, 0.2) is 0 Å². The molecule has 0 unspecified atom stereocenters. The normalized spacial score (nSPS) is 17.6. The summed E-state index contributed by atoms with van der Waals surface area (Å²) in [4.78, 5) is 16.3. The Morgan fingerprint density at radius 1 is 1.00 bits per heavy atom. The molecule has 2 heterocycles. The number of aryl methyl sites for hydroxylation is 1. The molecule has 0 N–H and O–H groups in total. The molecule has 2 saturated heterocycles. The average molecular weight is 366 g/mol. The Morgan fingerprint density at radius 3 is 2.48 bits per heavy atom. The highest BCUT2D eigenvalue weighted by atomic mass is 16.5.